The van der Waals surface area contributed by atoms with Gasteiger partial charge in [-0.15, -0.1) is 10.2 Å². The summed E-state index contributed by atoms with van der Waals surface area (Å²) >= 11 is 3.46. The van der Waals surface area contributed by atoms with Gasteiger partial charge in [-0.2, -0.15) is 0 Å². The minimum Gasteiger partial charge on any atom is -0.316 e. The monoisotopic (exact) mass is 259 g/mol. The SMILES string of the molecule is Cc1nnc(SCCNCCCC(C)C)s1. The maximum atomic E-state index is 4.08. The molecular formula is C11H21N3S2. The normalized spacial score (nSPS) is 11.2. The van der Waals surface area contributed by atoms with E-state index in [2.05, 4.69) is 29.4 Å². The van der Waals surface area contributed by atoms with Crippen molar-refractivity contribution in [2.75, 3.05) is 18.8 Å². The summed E-state index contributed by atoms with van der Waals surface area (Å²) in [6, 6.07) is 0. The molecule has 92 valence electrons. The first-order valence-corrected chi connectivity index (χ1v) is 7.62. The van der Waals surface area contributed by atoms with Gasteiger partial charge in [0, 0.05) is 12.3 Å². The lowest BCUT2D eigenvalue weighted by molar-refractivity contribution is 0.534. The Labute approximate surface area is 106 Å². The van der Waals surface area contributed by atoms with Crippen LogP contribution < -0.4 is 5.32 Å². The number of thioether (sulfide) groups is 1. The third-order valence-electron chi connectivity index (χ3n) is 2.15. The molecule has 16 heavy (non-hydrogen) atoms. The molecule has 0 aliphatic carbocycles. The van der Waals surface area contributed by atoms with Gasteiger partial charge in [-0.25, -0.2) is 0 Å². The van der Waals surface area contributed by atoms with Crippen LogP contribution in [0.25, 0.3) is 0 Å². The molecule has 1 aromatic rings. The molecule has 0 saturated carbocycles. The highest BCUT2D eigenvalue weighted by Gasteiger charge is 2.00. The van der Waals surface area contributed by atoms with E-state index in [1.165, 1.54) is 12.8 Å². The first-order chi connectivity index (χ1) is 7.68. The third kappa shape index (κ3) is 6.45. The molecule has 1 N–H and O–H groups in total. The minimum atomic E-state index is 0.820. The number of rotatable bonds is 8. The first kappa shape index (κ1) is 13.9. The van der Waals surface area contributed by atoms with Crippen molar-refractivity contribution < 1.29 is 0 Å². The Kier molecular flexibility index (Phi) is 7.00. The van der Waals surface area contributed by atoms with Crippen LogP contribution >= 0.6 is 23.1 Å². The van der Waals surface area contributed by atoms with E-state index in [4.69, 9.17) is 0 Å². The summed E-state index contributed by atoms with van der Waals surface area (Å²) in [6.07, 6.45) is 2.59. The smallest absolute Gasteiger partial charge is 0.174 e. The summed E-state index contributed by atoms with van der Waals surface area (Å²) in [7, 11) is 0. The number of aryl methyl sites for hydroxylation is 1. The molecule has 0 fully saturated rings. The molecule has 1 rings (SSSR count). The molecule has 0 saturated heterocycles. The standard InChI is InChI=1S/C11H21N3S2/c1-9(2)5-4-6-12-7-8-15-11-14-13-10(3)16-11/h9,12H,4-8H2,1-3H3. The van der Waals surface area contributed by atoms with Crippen LogP contribution in [0.5, 0.6) is 0 Å². The second kappa shape index (κ2) is 8.03. The van der Waals surface area contributed by atoms with Crippen molar-refractivity contribution >= 4 is 23.1 Å². The van der Waals surface area contributed by atoms with Crippen LogP contribution in [0.3, 0.4) is 0 Å². The van der Waals surface area contributed by atoms with Crippen molar-refractivity contribution in [2.45, 2.75) is 38.0 Å². The fraction of sp³-hybridized carbons (Fsp3) is 0.818. The van der Waals surface area contributed by atoms with Crippen LogP contribution in [0, 0.1) is 12.8 Å². The van der Waals surface area contributed by atoms with Crippen LogP contribution in [-0.4, -0.2) is 29.0 Å². The quantitative estimate of drug-likeness (QED) is 0.575. The van der Waals surface area contributed by atoms with Gasteiger partial charge < -0.3 is 5.32 Å². The summed E-state index contributed by atoms with van der Waals surface area (Å²) in [5.41, 5.74) is 0. The molecule has 0 aliphatic rings. The van der Waals surface area contributed by atoms with Crippen LogP contribution in [0.1, 0.15) is 31.7 Å². The fourth-order valence-electron chi connectivity index (χ4n) is 1.31. The zero-order valence-electron chi connectivity index (χ0n) is 10.3. The second-order valence-electron chi connectivity index (χ2n) is 4.22. The molecule has 0 aliphatic heterocycles. The average Bonchev–Trinajstić information content (AvgIpc) is 2.62. The maximum absolute atomic E-state index is 4.08. The fourth-order valence-corrected chi connectivity index (χ4v) is 3.09. The van der Waals surface area contributed by atoms with Crippen LogP contribution in [0.15, 0.2) is 4.34 Å². The molecule has 0 bridgehead atoms. The van der Waals surface area contributed by atoms with Crippen LogP contribution in [-0.2, 0) is 0 Å². The van der Waals surface area contributed by atoms with Crippen molar-refractivity contribution in [3.8, 4) is 0 Å². The summed E-state index contributed by atoms with van der Waals surface area (Å²) in [5.74, 6) is 1.90. The molecule has 0 spiro atoms. The summed E-state index contributed by atoms with van der Waals surface area (Å²) in [6.45, 7) is 8.72. The van der Waals surface area contributed by atoms with E-state index < -0.39 is 0 Å². The highest BCUT2D eigenvalue weighted by Crippen LogP contribution is 2.20. The number of aromatic nitrogens is 2. The molecule has 0 atom stereocenters. The zero-order valence-corrected chi connectivity index (χ0v) is 12.0. The highest BCUT2D eigenvalue weighted by molar-refractivity contribution is 8.01. The summed E-state index contributed by atoms with van der Waals surface area (Å²) < 4.78 is 1.08. The molecule has 3 nitrogen and oxygen atoms in total. The molecule has 0 radical (unpaired) electrons. The number of hydrogen-bond acceptors (Lipinski definition) is 5. The Hall–Kier alpha value is -0.130. The molecule has 0 amide bonds. The Morgan fingerprint density at radius 1 is 1.31 bits per heavy atom. The number of hydrogen-bond donors (Lipinski definition) is 1. The van der Waals surface area contributed by atoms with E-state index in [-0.39, 0.29) is 0 Å². The predicted octanol–water partition coefficient (Wildman–Crippen LogP) is 2.96. The first-order valence-electron chi connectivity index (χ1n) is 5.82. The van der Waals surface area contributed by atoms with Gasteiger partial charge in [-0.3, -0.25) is 0 Å². The van der Waals surface area contributed by atoms with Gasteiger partial charge in [-0.1, -0.05) is 36.9 Å². The Balaban J connectivity index is 1.92. The largest absolute Gasteiger partial charge is 0.316 e. The van der Waals surface area contributed by atoms with E-state index in [1.807, 2.05) is 6.92 Å². The van der Waals surface area contributed by atoms with E-state index >= 15 is 0 Å². The van der Waals surface area contributed by atoms with Gasteiger partial charge in [0.05, 0.1) is 0 Å². The van der Waals surface area contributed by atoms with Gasteiger partial charge in [0.15, 0.2) is 4.34 Å². The van der Waals surface area contributed by atoms with Gasteiger partial charge in [0.2, 0.25) is 0 Å². The molecule has 0 unspecified atom stereocenters. The van der Waals surface area contributed by atoms with E-state index in [9.17, 15) is 0 Å². The van der Waals surface area contributed by atoms with Crippen molar-refractivity contribution in [1.29, 1.82) is 0 Å². The van der Waals surface area contributed by atoms with Crippen molar-refractivity contribution in [1.82, 2.24) is 15.5 Å². The minimum absolute atomic E-state index is 0.820. The van der Waals surface area contributed by atoms with Gasteiger partial charge in [-0.05, 0) is 32.2 Å². The predicted molar refractivity (Wildman–Crippen MR) is 72.3 cm³/mol. The van der Waals surface area contributed by atoms with Gasteiger partial charge >= 0.3 is 0 Å². The molecule has 5 heteroatoms. The van der Waals surface area contributed by atoms with Crippen LogP contribution in [0.2, 0.25) is 0 Å². The topological polar surface area (TPSA) is 37.8 Å². The van der Waals surface area contributed by atoms with Crippen molar-refractivity contribution in [3.63, 3.8) is 0 Å². The molecule has 0 aromatic carbocycles. The van der Waals surface area contributed by atoms with Crippen molar-refractivity contribution in [2.24, 2.45) is 5.92 Å². The van der Waals surface area contributed by atoms with E-state index in [1.54, 1.807) is 23.1 Å². The Bertz CT molecular complexity index is 287. The molecular weight excluding hydrogens is 238 g/mol. The van der Waals surface area contributed by atoms with Crippen LogP contribution in [0.4, 0.5) is 0 Å². The maximum Gasteiger partial charge on any atom is 0.174 e. The number of nitrogens with one attached hydrogen (secondary N) is 1. The van der Waals surface area contributed by atoms with E-state index in [0.29, 0.717) is 0 Å². The zero-order chi connectivity index (χ0) is 11.8. The summed E-state index contributed by atoms with van der Waals surface area (Å²) in [4.78, 5) is 0. The average molecular weight is 259 g/mol. The van der Waals surface area contributed by atoms with E-state index in [0.717, 1.165) is 34.1 Å². The Morgan fingerprint density at radius 3 is 2.75 bits per heavy atom. The Morgan fingerprint density at radius 2 is 2.12 bits per heavy atom. The van der Waals surface area contributed by atoms with Gasteiger partial charge in [0.1, 0.15) is 5.01 Å². The lowest BCUT2D eigenvalue weighted by Gasteiger charge is -2.05. The lowest BCUT2D eigenvalue weighted by atomic mass is 10.1. The summed E-state index contributed by atoms with van der Waals surface area (Å²) in [5, 5.41) is 12.6. The highest BCUT2D eigenvalue weighted by atomic mass is 32.2. The van der Waals surface area contributed by atoms with Crippen molar-refractivity contribution in [3.05, 3.63) is 5.01 Å². The molecule has 1 aromatic heterocycles. The van der Waals surface area contributed by atoms with Gasteiger partial charge in [0.25, 0.3) is 0 Å². The second-order valence-corrected chi connectivity index (χ2v) is 6.75. The lowest BCUT2D eigenvalue weighted by Crippen LogP contribution is -2.18. The molecule has 1 heterocycles. The third-order valence-corrected chi connectivity index (χ3v) is 4.12. The number of nitrogens with zero attached hydrogens (tertiary/aromatic N) is 2.